The maximum Gasteiger partial charge on any atom is 0.268 e. The Kier molecular flexibility index (Phi) is 5.21. The number of carbonyl (C=O) groups is 2. The molecule has 3 aromatic rings. The van der Waals surface area contributed by atoms with Crippen LogP contribution in [0.2, 0.25) is 10.0 Å². The number of rotatable bonds is 3. The van der Waals surface area contributed by atoms with E-state index in [1.807, 2.05) is 0 Å². The lowest BCUT2D eigenvalue weighted by molar-refractivity contribution is 0.0897. The number of benzene rings is 2. The molecule has 0 aliphatic carbocycles. The SMILES string of the molecule is Nc1ccc(Cl)cc1C(=O)N(C(=O)c1ccccc1)c1ccc(Cl)cn1. The third-order valence-corrected chi connectivity index (χ3v) is 4.07. The largest absolute Gasteiger partial charge is 0.398 e. The van der Waals surface area contributed by atoms with Crippen LogP contribution in [-0.2, 0) is 0 Å². The summed E-state index contributed by atoms with van der Waals surface area (Å²) in [4.78, 5) is 31.2. The van der Waals surface area contributed by atoms with Crippen molar-refractivity contribution in [3.8, 4) is 0 Å². The van der Waals surface area contributed by atoms with E-state index < -0.39 is 11.8 Å². The highest BCUT2D eigenvalue weighted by molar-refractivity contribution is 6.32. The molecule has 0 bridgehead atoms. The van der Waals surface area contributed by atoms with Crippen LogP contribution in [0.1, 0.15) is 20.7 Å². The summed E-state index contributed by atoms with van der Waals surface area (Å²) in [6.45, 7) is 0. The predicted molar refractivity (Wildman–Crippen MR) is 103 cm³/mol. The van der Waals surface area contributed by atoms with E-state index in [9.17, 15) is 9.59 Å². The van der Waals surface area contributed by atoms with Gasteiger partial charge in [-0.05, 0) is 42.5 Å². The first kappa shape index (κ1) is 17.9. The summed E-state index contributed by atoms with van der Waals surface area (Å²) >= 11 is 11.9. The first-order valence-electron chi connectivity index (χ1n) is 7.58. The Morgan fingerprint density at radius 1 is 0.885 bits per heavy atom. The monoisotopic (exact) mass is 385 g/mol. The van der Waals surface area contributed by atoms with Gasteiger partial charge in [0.1, 0.15) is 5.82 Å². The molecule has 0 unspecified atom stereocenters. The van der Waals surface area contributed by atoms with E-state index in [2.05, 4.69) is 4.98 Å². The first-order valence-corrected chi connectivity index (χ1v) is 8.33. The third-order valence-electron chi connectivity index (χ3n) is 3.61. The number of nitrogens with zero attached hydrogens (tertiary/aromatic N) is 2. The molecule has 1 heterocycles. The van der Waals surface area contributed by atoms with Crippen molar-refractivity contribution >= 4 is 46.5 Å². The van der Waals surface area contributed by atoms with E-state index in [4.69, 9.17) is 28.9 Å². The number of imide groups is 1. The van der Waals surface area contributed by atoms with Crippen molar-refractivity contribution in [2.24, 2.45) is 0 Å². The van der Waals surface area contributed by atoms with Crippen molar-refractivity contribution in [3.05, 3.63) is 88.0 Å². The molecule has 26 heavy (non-hydrogen) atoms. The molecule has 1 aromatic heterocycles. The van der Waals surface area contributed by atoms with Gasteiger partial charge in [0, 0.05) is 22.5 Å². The topological polar surface area (TPSA) is 76.3 Å². The zero-order valence-corrected chi connectivity index (χ0v) is 14.9. The van der Waals surface area contributed by atoms with Gasteiger partial charge in [0.25, 0.3) is 11.8 Å². The molecule has 2 aromatic carbocycles. The number of pyridine rings is 1. The molecular formula is C19H13Cl2N3O2. The summed E-state index contributed by atoms with van der Waals surface area (Å²) in [5.41, 5.74) is 6.56. The van der Waals surface area contributed by atoms with Gasteiger partial charge in [-0.2, -0.15) is 0 Å². The summed E-state index contributed by atoms with van der Waals surface area (Å²) in [5.74, 6) is -1.04. The second-order valence-corrected chi connectivity index (χ2v) is 6.25. The van der Waals surface area contributed by atoms with Crippen molar-refractivity contribution in [2.45, 2.75) is 0 Å². The van der Waals surface area contributed by atoms with Crippen LogP contribution in [0.4, 0.5) is 11.5 Å². The molecule has 7 heteroatoms. The second-order valence-electron chi connectivity index (χ2n) is 5.38. The van der Waals surface area contributed by atoms with E-state index in [-0.39, 0.29) is 17.1 Å². The fraction of sp³-hybridized carbons (Fsp3) is 0. The molecule has 5 nitrogen and oxygen atoms in total. The Morgan fingerprint density at radius 2 is 1.58 bits per heavy atom. The molecule has 2 amide bonds. The molecular weight excluding hydrogens is 373 g/mol. The summed E-state index contributed by atoms with van der Waals surface area (Å²) < 4.78 is 0. The molecule has 0 fully saturated rings. The molecule has 0 radical (unpaired) electrons. The third kappa shape index (κ3) is 3.69. The van der Waals surface area contributed by atoms with Gasteiger partial charge in [-0.15, -0.1) is 0 Å². The summed E-state index contributed by atoms with van der Waals surface area (Å²) in [5, 5.41) is 0.717. The number of nitrogens with two attached hydrogens (primary N) is 1. The van der Waals surface area contributed by atoms with E-state index in [1.54, 1.807) is 42.5 Å². The zero-order chi connectivity index (χ0) is 18.7. The smallest absolute Gasteiger partial charge is 0.268 e. The zero-order valence-electron chi connectivity index (χ0n) is 13.4. The Hall–Kier alpha value is -2.89. The van der Waals surface area contributed by atoms with Gasteiger partial charge >= 0.3 is 0 Å². The van der Waals surface area contributed by atoms with Gasteiger partial charge < -0.3 is 5.73 Å². The van der Waals surface area contributed by atoms with Gasteiger partial charge in [0.05, 0.1) is 10.6 Å². The van der Waals surface area contributed by atoms with E-state index in [1.165, 1.54) is 24.4 Å². The average molecular weight is 386 g/mol. The van der Waals surface area contributed by atoms with Gasteiger partial charge in [-0.3, -0.25) is 9.59 Å². The number of halogens is 2. The van der Waals surface area contributed by atoms with Crippen molar-refractivity contribution in [2.75, 3.05) is 10.6 Å². The van der Waals surface area contributed by atoms with Crippen LogP contribution in [-0.4, -0.2) is 16.8 Å². The number of carbonyl (C=O) groups excluding carboxylic acids is 2. The molecule has 0 spiro atoms. The van der Waals surface area contributed by atoms with Crippen LogP contribution in [0.5, 0.6) is 0 Å². The summed E-state index contributed by atoms with van der Waals surface area (Å²) in [6, 6.07) is 15.9. The lowest BCUT2D eigenvalue weighted by atomic mass is 10.1. The number of hydrogen-bond donors (Lipinski definition) is 1. The molecule has 130 valence electrons. The van der Waals surface area contributed by atoms with Crippen LogP contribution in [0, 0.1) is 0 Å². The van der Waals surface area contributed by atoms with Gasteiger partial charge in [0.15, 0.2) is 0 Å². The quantitative estimate of drug-likeness (QED) is 0.533. The highest BCUT2D eigenvalue weighted by Gasteiger charge is 2.28. The molecule has 0 aliphatic rings. The second kappa shape index (κ2) is 7.56. The molecule has 0 atom stereocenters. The number of nitrogen functional groups attached to an aromatic ring is 1. The van der Waals surface area contributed by atoms with Crippen molar-refractivity contribution in [1.29, 1.82) is 0 Å². The molecule has 3 rings (SSSR count). The van der Waals surface area contributed by atoms with E-state index >= 15 is 0 Å². The predicted octanol–water partition coefficient (Wildman–Crippen LogP) is 4.46. The van der Waals surface area contributed by atoms with Gasteiger partial charge in [-0.1, -0.05) is 41.4 Å². The molecule has 0 saturated heterocycles. The first-order chi connectivity index (χ1) is 12.5. The number of amides is 2. The highest BCUT2D eigenvalue weighted by atomic mass is 35.5. The Morgan fingerprint density at radius 3 is 2.23 bits per heavy atom. The van der Waals surface area contributed by atoms with Gasteiger partial charge in [0.2, 0.25) is 0 Å². The minimum atomic E-state index is -0.631. The van der Waals surface area contributed by atoms with E-state index in [0.29, 0.717) is 15.6 Å². The average Bonchev–Trinajstić information content (AvgIpc) is 2.66. The molecule has 2 N–H and O–H groups in total. The normalized spacial score (nSPS) is 10.4. The number of hydrogen-bond acceptors (Lipinski definition) is 4. The Labute approximate surface area is 160 Å². The highest BCUT2D eigenvalue weighted by Crippen LogP contribution is 2.24. The molecule has 0 aliphatic heterocycles. The van der Waals surface area contributed by atoms with Crippen LogP contribution in [0.3, 0.4) is 0 Å². The van der Waals surface area contributed by atoms with Crippen molar-refractivity contribution in [1.82, 2.24) is 4.98 Å². The summed E-state index contributed by atoms with van der Waals surface area (Å²) in [7, 11) is 0. The van der Waals surface area contributed by atoms with Crippen LogP contribution < -0.4 is 10.6 Å². The maximum atomic E-state index is 13.1. The minimum absolute atomic E-state index is 0.110. The van der Waals surface area contributed by atoms with E-state index in [0.717, 1.165) is 4.90 Å². The lowest BCUT2D eigenvalue weighted by Gasteiger charge is -2.21. The van der Waals surface area contributed by atoms with Gasteiger partial charge in [-0.25, -0.2) is 9.88 Å². The lowest BCUT2D eigenvalue weighted by Crippen LogP contribution is -2.38. The fourth-order valence-electron chi connectivity index (χ4n) is 2.34. The van der Waals surface area contributed by atoms with Crippen LogP contribution in [0.25, 0.3) is 0 Å². The number of anilines is 2. The van der Waals surface area contributed by atoms with Crippen LogP contribution >= 0.6 is 23.2 Å². The summed E-state index contributed by atoms with van der Waals surface area (Å²) in [6.07, 6.45) is 1.36. The Bertz CT molecular complexity index is 960. The maximum absolute atomic E-state index is 13.1. The van der Waals surface area contributed by atoms with Crippen molar-refractivity contribution in [3.63, 3.8) is 0 Å². The fourth-order valence-corrected chi connectivity index (χ4v) is 2.63. The Balaban J connectivity index is 2.11. The molecule has 0 saturated carbocycles. The standard InChI is InChI=1S/C19H13Cl2N3O2/c20-13-6-8-16(22)15(10-13)19(26)24(17-9-7-14(21)11-23-17)18(25)12-4-2-1-3-5-12/h1-11H,22H2. The number of aromatic nitrogens is 1. The van der Waals surface area contributed by atoms with Crippen LogP contribution in [0.15, 0.2) is 66.9 Å². The van der Waals surface area contributed by atoms with Crippen molar-refractivity contribution < 1.29 is 9.59 Å². The minimum Gasteiger partial charge on any atom is -0.398 e.